The summed E-state index contributed by atoms with van der Waals surface area (Å²) in [5.74, 6) is 0.763. The highest BCUT2D eigenvalue weighted by molar-refractivity contribution is 5.79. The van der Waals surface area contributed by atoms with Crippen LogP contribution in [0.25, 0.3) is 10.9 Å². The number of hydrogen-bond acceptors (Lipinski definition) is 4. The number of pyridine rings is 1. The first kappa shape index (κ1) is 13.5. The average Bonchev–Trinajstić information content (AvgIpc) is 2.97. The Balaban J connectivity index is 2.21. The van der Waals surface area contributed by atoms with Crippen molar-refractivity contribution in [3.05, 3.63) is 58.4 Å². The average molecular weight is 283 g/mol. The Kier molecular flexibility index (Phi) is 3.53. The van der Waals surface area contributed by atoms with E-state index in [-0.39, 0.29) is 12.1 Å². The van der Waals surface area contributed by atoms with Gasteiger partial charge >= 0.3 is 0 Å². The maximum atomic E-state index is 12.6. The van der Waals surface area contributed by atoms with E-state index in [2.05, 4.69) is 10.1 Å². The van der Waals surface area contributed by atoms with Crippen LogP contribution in [0.3, 0.4) is 0 Å². The molecule has 0 saturated heterocycles. The Morgan fingerprint density at radius 3 is 2.86 bits per heavy atom. The molecule has 3 rings (SSSR count). The molecule has 0 aliphatic carbocycles. The SMILES string of the molecule is CCn1ncnc1Cn1c(=O)c(CN)cc2ccccc21. The molecular formula is C15H17N5O. The molecule has 3 aromatic rings. The van der Waals surface area contributed by atoms with E-state index in [0.717, 1.165) is 23.3 Å². The number of benzene rings is 1. The summed E-state index contributed by atoms with van der Waals surface area (Å²) in [5.41, 5.74) is 7.11. The predicted molar refractivity (Wildman–Crippen MR) is 80.9 cm³/mol. The van der Waals surface area contributed by atoms with Crippen LogP contribution in [-0.4, -0.2) is 19.3 Å². The van der Waals surface area contributed by atoms with Gasteiger partial charge in [0.05, 0.1) is 12.1 Å². The summed E-state index contributed by atoms with van der Waals surface area (Å²) in [5, 5.41) is 5.15. The van der Waals surface area contributed by atoms with Crippen LogP contribution in [0.15, 0.2) is 41.5 Å². The summed E-state index contributed by atoms with van der Waals surface area (Å²) >= 11 is 0. The quantitative estimate of drug-likeness (QED) is 0.778. The number of fused-ring (bicyclic) bond motifs is 1. The minimum absolute atomic E-state index is 0.0677. The second-order valence-electron chi connectivity index (χ2n) is 4.82. The van der Waals surface area contributed by atoms with E-state index in [1.807, 2.05) is 37.3 Å². The molecule has 0 saturated carbocycles. The van der Waals surface area contributed by atoms with Gasteiger partial charge < -0.3 is 10.3 Å². The molecule has 108 valence electrons. The molecule has 2 aromatic heterocycles. The van der Waals surface area contributed by atoms with Gasteiger partial charge in [-0.05, 0) is 24.4 Å². The van der Waals surface area contributed by atoms with Crippen LogP contribution in [0, 0.1) is 0 Å². The Hall–Kier alpha value is -2.47. The smallest absolute Gasteiger partial charge is 0.255 e. The third kappa shape index (κ3) is 2.34. The molecule has 0 radical (unpaired) electrons. The molecular weight excluding hydrogens is 266 g/mol. The van der Waals surface area contributed by atoms with Crippen molar-refractivity contribution in [3.63, 3.8) is 0 Å². The van der Waals surface area contributed by atoms with E-state index in [1.54, 1.807) is 9.25 Å². The fraction of sp³-hybridized carbons (Fsp3) is 0.267. The van der Waals surface area contributed by atoms with Gasteiger partial charge in [0.1, 0.15) is 12.2 Å². The first-order valence-corrected chi connectivity index (χ1v) is 6.92. The zero-order valence-corrected chi connectivity index (χ0v) is 11.9. The van der Waals surface area contributed by atoms with Crippen LogP contribution < -0.4 is 11.3 Å². The van der Waals surface area contributed by atoms with Crippen molar-refractivity contribution in [1.82, 2.24) is 19.3 Å². The van der Waals surface area contributed by atoms with Crippen LogP contribution >= 0.6 is 0 Å². The van der Waals surface area contributed by atoms with Crippen molar-refractivity contribution < 1.29 is 0 Å². The lowest BCUT2D eigenvalue weighted by Gasteiger charge is -2.12. The van der Waals surface area contributed by atoms with Gasteiger partial charge in [-0.3, -0.25) is 4.79 Å². The number of para-hydroxylation sites is 1. The summed E-state index contributed by atoms with van der Waals surface area (Å²) in [6.07, 6.45) is 1.51. The Morgan fingerprint density at radius 1 is 1.29 bits per heavy atom. The van der Waals surface area contributed by atoms with Gasteiger partial charge in [0.2, 0.25) is 0 Å². The van der Waals surface area contributed by atoms with Crippen LogP contribution in [0.1, 0.15) is 18.3 Å². The predicted octanol–water partition coefficient (Wildman–Crippen LogP) is 1.12. The molecule has 0 amide bonds. The molecule has 0 aliphatic rings. The number of rotatable bonds is 4. The lowest BCUT2D eigenvalue weighted by atomic mass is 10.1. The zero-order valence-electron chi connectivity index (χ0n) is 11.9. The van der Waals surface area contributed by atoms with Crippen LogP contribution in [0.5, 0.6) is 0 Å². The zero-order chi connectivity index (χ0) is 14.8. The normalized spacial score (nSPS) is 11.1. The van der Waals surface area contributed by atoms with Gasteiger partial charge in [-0.1, -0.05) is 18.2 Å². The minimum Gasteiger partial charge on any atom is -0.326 e. The molecule has 0 fully saturated rings. The number of aromatic nitrogens is 4. The van der Waals surface area contributed by atoms with E-state index in [4.69, 9.17) is 5.73 Å². The molecule has 0 spiro atoms. The second-order valence-corrected chi connectivity index (χ2v) is 4.82. The third-order valence-corrected chi connectivity index (χ3v) is 3.59. The minimum atomic E-state index is -0.0677. The number of hydrogen-bond donors (Lipinski definition) is 1. The summed E-state index contributed by atoms with van der Waals surface area (Å²) in [7, 11) is 0. The molecule has 21 heavy (non-hydrogen) atoms. The molecule has 0 unspecified atom stereocenters. The van der Waals surface area contributed by atoms with E-state index < -0.39 is 0 Å². The number of nitrogens with zero attached hydrogens (tertiary/aromatic N) is 4. The lowest BCUT2D eigenvalue weighted by Crippen LogP contribution is -2.27. The molecule has 0 atom stereocenters. The highest BCUT2D eigenvalue weighted by Crippen LogP contribution is 2.14. The lowest BCUT2D eigenvalue weighted by molar-refractivity contribution is 0.590. The van der Waals surface area contributed by atoms with Gasteiger partial charge in [-0.2, -0.15) is 5.10 Å². The Bertz CT molecular complexity index is 833. The first-order chi connectivity index (χ1) is 10.2. The summed E-state index contributed by atoms with van der Waals surface area (Å²) in [4.78, 5) is 16.8. The fourth-order valence-electron chi connectivity index (χ4n) is 2.51. The van der Waals surface area contributed by atoms with Crippen molar-refractivity contribution in [2.24, 2.45) is 5.73 Å². The van der Waals surface area contributed by atoms with Gasteiger partial charge in [-0.25, -0.2) is 9.67 Å². The van der Waals surface area contributed by atoms with E-state index in [1.165, 1.54) is 6.33 Å². The van der Waals surface area contributed by atoms with Crippen LogP contribution in [0.4, 0.5) is 0 Å². The molecule has 1 aromatic carbocycles. The number of aryl methyl sites for hydroxylation is 1. The molecule has 6 heteroatoms. The van der Waals surface area contributed by atoms with Crippen molar-refractivity contribution in [2.45, 2.75) is 26.6 Å². The van der Waals surface area contributed by atoms with Crippen molar-refractivity contribution >= 4 is 10.9 Å². The van der Waals surface area contributed by atoms with E-state index in [9.17, 15) is 4.79 Å². The largest absolute Gasteiger partial charge is 0.326 e. The maximum Gasteiger partial charge on any atom is 0.255 e. The van der Waals surface area contributed by atoms with Crippen molar-refractivity contribution in [2.75, 3.05) is 0 Å². The van der Waals surface area contributed by atoms with Crippen molar-refractivity contribution in [1.29, 1.82) is 0 Å². The van der Waals surface area contributed by atoms with Gasteiger partial charge in [0.15, 0.2) is 0 Å². The van der Waals surface area contributed by atoms with Gasteiger partial charge in [-0.15, -0.1) is 0 Å². The van der Waals surface area contributed by atoms with Crippen LogP contribution in [0.2, 0.25) is 0 Å². The molecule has 2 N–H and O–H groups in total. The standard InChI is InChI=1S/C15H17N5O/c1-2-20-14(17-10-18-20)9-19-13-6-4-3-5-11(13)7-12(8-16)15(19)21/h3-7,10H,2,8-9,16H2,1H3. The van der Waals surface area contributed by atoms with Gasteiger partial charge in [0.25, 0.3) is 5.56 Å². The highest BCUT2D eigenvalue weighted by atomic mass is 16.1. The highest BCUT2D eigenvalue weighted by Gasteiger charge is 2.11. The van der Waals surface area contributed by atoms with E-state index >= 15 is 0 Å². The first-order valence-electron chi connectivity index (χ1n) is 6.92. The fourth-order valence-corrected chi connectivity index (χ4v) is 2.51. The maximum absolute atomic E-state index is 12.6. The molecule has 0 aliphatic heterocycles. The molecule has 6 nitrogen and oxygen atoms in total. The molecule has 0 bridgehead atoms. The Morgan fingerprint density at radius 2 is 2.10 bits per heavy atom. The summed E-state index contributed by atoms with van der Waals surface area (Å²) < 4.78 is 3.50. The second kappa shape index (κ2) is 5.49. The topological polar surface area (TPSA) is 78.7 Å². The van der Waals surface area contributed by atoms with E-state index in [0.29, 0.717) is 12.1 Å². The molecule has 2 heterocycles. The van der Waals surface area contributed by atoms with Crippen molar-refractivity contribution in [3.8, 4) is 0 Å². The van der Waals surface area contributed by atoms with Gasteiger partial charge in [0, 0.05) is 18.7 Å². The third-order valence-electron chi connectivity index (χ3n) is 3.59. The summed E-state index contributed by atoms with van der Waals surface area (Å²) in [6.45, 7) is 3.33. The van der Waals surface area contributed by atoms with Crippen LogP contribution in [-0.2, 0) is 19.6 Å². The summed E-state index contributed by atoms with van der Waals surface area (Å²) in [6, 6.07) is 9.65. The monoisotopic (exact) mass is 283 g/mol. The number of nitrogens with two attached hydrogens (primary N) is 1. The Labute approximate surface area is 121 Å².